The molecule has 0 aromatic rings. The maximum absolute atomic E-state index is 11.4. The van der Waals surface area contributed by atoms with Gasteiger partial charge in [0.25, 0.3) is 0 Å². The summed E-state index contributed by atoms with van der Waals surface area (Å²) < 4.78 is 22.8. The lowest BCUT2D eigenvalue weighted by Crippen LogP contribution is -2.49. The summed E-state index contributed by atoms with van der Waals surface area (Å²) in [5.41, 5.74) is 6.19. The number of halogens is 2. The minimum absolute atomic E-state index is 0. The van der Waals surface area contributed by atoms with Crippen LogP contribution in [0.15, 0.2) is 0 Å². The lowest BCUT2D eigenvalue weighted by molar-refractivity contribution is 0.140. The average molecular weight is 345 g/mol. The highest BCUT2D eigenvalue weighted by Gasteiger charge is 2.39. The van der Waals surface area contributed by atoms with E-state index in [2.05, 4.69) is 4.90 Å². The molecule has 1 aliphatic carbocycles. The van der Waals surface area contributed by atoms with Crippen LogP contribution in [0.2, 0.25) is 0 Å². The highest BCUT2D eigenvalue weighted by molar-refractivity contribution is 7.91. The summed E-state index contributed by atoms with van der Waals surface area (Å²) in [5.74, 6) is 2.62. The first kappa shape index (κ1) is 18.5. The molecule has 0 amide bonds. The van der Waals surface area contributed by atoms with Gasteiger partial charge < -0.3 is 10.6 Å². The van der Waals surface area contributed by atoms with Gasteiger partial charge in [-0.25, -0.2) is 8.42 Å². The predicted octanol–water partition coefficient (Wildman–Crippen LogP) is 1.32. The molecule has 2 heterocycles. The second kappa shape index (κ2) is 7.14. The Kier molecular flexibility index (Phi) is 6.60. The minimum atomic E-state index is -2.70. The predicted molar refractivity (Wildman–Crippen MR) is 86.5 cm³/mol. The van der Waals surface area contributed by atoms with Gasteiger partial charge >= 0.3 is 0 Å². The van der Waals surface area contributed by atoms with Gasteiger partial charge in [-0.05, 0) is 50.0 Å². The normalized spacial score (nSPS) is 39.0. The molecule has 1 saturated carbocycles. The Bertz CT molecular complexity index is 405. The minimum Gasteiger partial charge on any atom is -0.327 e. The molecule has 4 atom stereocenters. The van der Waals surface area contributed by atoms with Crippen molar-refractivity contribution in [2.24, 2.45) is 23.5 Å². The molecule has 3 fully saturated rings. The molecule has 2 aliphatic heterocycles. The second-order valence-corrected chi connectivity index (χ2v) is 8.72. The van der Waals surface area contributed by atoms with Gasteiger partial charge in [0.15, 0.2) is 9.84 Å². The van der Waals surface area contributed by atoms with Gasteiger partial charge in [0.2, 0.25) is 0 Å². The molecule has 3 aliphatic rings. The zero-order chi connectivity index (χ0) is 12.8. The maximum atomic E-state index is 11.4. The molecule has 120 valence electrons. The number of rotatable bonds is 3. The van der Waals surface area contributed by atoms with Crippen molar-refractivity contribution in [3.63, 3.8) is 0 Å². The highest BCUT2D eigenvalue weighted by atomic mass is 35.5. The lowest BCUT2D eigenvalue weighted by atomic mass is 9.92. The van der Waals surface area contributed by atoms with E-state index >= 15 is 0 Å². The third-order valence-corrected chi connectivity index (χ3v) is 7.00. The van der Waals surface area contributed by atoms with Crippen LogP contribution in [-0.2, 0) is 9.84 Å². The van der Waals surface area contributed by atoms with Gasteiger partial charge in [-0.15, -0.1) is 24.8 Å². The summed E-state index contributed by atoms with van der Waals surface area (Å²) in [6.45, 7) is 3.34. The summed E-state index contributed by atoms with van der Waals surface area (Å²) in [6, 6.07) is 0.424. The number of nitrogens with zero attached hydrogens (tertiary/aromatic N) is 1. The fourth-order valence-electron chi connectivity index (χ4n) is 4.01. The van der Waals surface area contributed by atoms with Gasteiger partial charge in [0.05, 0.1) is 11.5 Å². The van der Waals surface area contributed by atoms with Crippen molar-refractivity contribution in [3.05, 3.63) is 0 Å². The molecule has 7 heteroatoms. The Morgan fingerprint density at radius 1 is 1.05 bits per heavy atom. The first-order chi connectivity index (χ1) is 8.53. The number of likely N-dealkylation sites (tertiary alicyclic amines) is 1. The number of nitrogens with two attached hydrogens (primary N) is 1. The molecule has 0 aromatic carbocycles. The van der Waals surface area contributed by atoms with E-state index in [4.69, 9.17) is 5.73 Å². The highest BCUT2D eigenvalue weighted by Crippen LogP contribution is 2.35. The van der Waals surface area contributed by atoms with E-state index in [1.807, 2.05) is 0 Å². The van der Waals surface area contributed by atoms with Crippen molar-refractivity contribution in [2.45, 2.75) is 31.7 Å². The molecule has 0 radical (unpaired) electrons. The van der Waals surface area contributed by atoms with E-state index in [9.17, 15) is 8.42 Å². The van der Waals surface area contributed by atoms with Crippen LogP contribution in [0.4, 0.5) is 0 Å². The molecule has 2 bridgehead atoms. The summed E-state index contributed by atoms with van der Waals surface area (Å²) in [4.78, 5) is 2.52. The van der Waals surface area contributed by atoms with Crippen LogP contribution in [0.25, 0.3) is 0 Å². The van der Waals surface area contributed by atoms with Gasteiger partial charge in [-0.3, -0.25) is 0 Å². The average Bonchev–Trinajstić information content (AvgIpc) is 2.74. The fraction of sp³-hybridized carbons (Fsp3) is 1.00. The maximum Gasteiger partial charge on any atom is 0.150 e. The van der Waals surface area contributed by atoms with Crippen molar-refractivity contribution in [1.29, 1.82) is 0 Å². The molecular formula is C13H26Cl2N2O2S. The molecule has 2 unspecified atom stereocenters. The molecule has 2 N–H and O–H groups in total. The van der Waals surface area contributed by atoms with Crippen LogP contribution < -0.4 is 5.73 Å². The molecule has 0 aromatic heterocycles. The van der Waals surface area contributed by atoms with Crippen LogP contribution in [-0.4, -0.2) is 50.5 Å². The van der Waals surface area contributed by atoms with Crippen molar-refractivity contribution < 1.29 is 8.42 Å². The SMILES string of the molecule is Cl.Cl.NC1[C@@H]2CC[C@H]1CN(CCC1CCS(=O)(=O)C1)C2. The summed E-state index contributed by atoms with van der Waals surface area (Å²) in [5, 5.41) is 0. The number of fused-ring (bicyclic) bond motifs is 2. The first-order valence-corrected chi connectivity index (χ1v) is 9.04. The quantitative estimate of drug-likeness (QED) is 0.838. The number of hydrogen-bond donors (Lipinski definition) is 1. The number of sulfone groups is 1. The van der Waals surface area contributed by atoms with E-state index < -0.39 is 9.84 Å². The third-order valence-electron chi connectivity index (χ3n) is 5.16. The van der Waals surface area contributed by atoms with E-state index in [0.717, 1.165) is 32.5 Å². The van der Waals surface area contributed by atoms with Crippen LogP contribution in [0, 0.1) is 17.8 Å². The van der Waals surface area contributed by atoms with Crippen molar-refractivity contribution in [1.82, 2.24) is 4.90 Å². The van der Waals surface area contributed by atoms with Gasteiger partial charge in [-0.2, -0.15) is 0 Å². The molecule has 3 rings (SSSR count). The Hall–Kier alpha value is 0.450. The number of hydrogen-bond acceptors (Lipinski definition) is 4. The smallest absolute Gasteiger partial charge is 0.150 e. The van der Waals surface area contributed by atoms with Crippen LogP contribution in [0.3, 0.4) is 0 Å². The molecule has 2 saturated heterocycles. The van der Waals surface area contributed by atoms with Gasteiger partial charge in [0.1, 0.15) is 0 Å². The van der Waals surface area contributed by atoms with E-state index in [0.29, 0.717) is 35.3 Å². The lowest BCUT2D eigenvalue weighted by Gasteiger charge is -2.36. The van der Waals surface area contributed by atoms with Gasteiger partial charge in [0, 0.05) is 19.1 Å². The topological polar surface area (TPSA) is 63.4 Å². The summed E-state index contributed by atoms with van der Waals surface area (Å²) in [7, 11) is -2.70. The Balaban J connectivity index is 0.000001000. The van der Waals surface area contributed by atoms with E-state index in [1.54, 1.807) is 0 Å². The summed E-state index contributed by atoms with van der Waals surface area (Å²) in [6.07, 6.45) is 4.51. The van der Waals surface area contributed by atoms with Crippen molar-refractivity contribution in [3.8, 4) is 0 Å². The zero-order valence-corrected chi connectivity index (χ0v) is 14.2. The van der Waals surface area contributed by atoms with Gasteiger partial charge in [-0.1, -0.05) is 0 Å². The van der Waals surface area contributed by atoms with E-state index in [-0.39, 0.29) is 24.8 Å². The van der Waals surface area contributed by atoms with Crippen molar-refractivity contribution in [2.75, 3.05) is 31.1 Å². The number of piperidine rings is 1. The molecule has 0 spiro atoms. The second-order valence-electron chi connectivity index (χ2n) is 6.49. The monoisotopic (exact) mass is 344 g/mol. The van der Waals surface area contributed by atoms with E-state index in [1.165, 1.54) is 12.8 Å². The molecule has 20 heavy (non-hydrogen) atoms. The largest absolute Gasteiger partial charge is 0.327 e. The molecular weight excluding hydrogens is 319 g/mol. The fourth-order valence-corrected chi connectivity index (χ4v) is 5.92. The first-order valence-electron chi connectivity index (χ1n) is 7.22. The Morgan fingerprint density at radius 2 is 1.65 bits per heavy atom. The summed E-state index contributed by atoms with van der Waals surface area (Å²) >= 11 is 0. The Morgan fingerprint density at radius 3 is 2.15 bits per heavy atom. The van der Waals surface area contributed by atoms with Crippen LogP contribution in [0.1, 0.15) is 25.7 Å². The standard InChI is InChI=1S/C13H24N2O2S.2ClH/c14-13-11-1-2-12(13)8-15(7-11)5-3-10-4-6-18(16,17)9-10;;/h10-13H,1-9,14H2;2*1H/t10?,11-,12+,13?;;. The third kappa shape index (κ3) is 4.01. The molecule has 4 nitrogen and oxygen atoms in total. The zero-order valence-electron chi connectivity index (χ0n) is 11.7. The van der Waals surface area contributed by atoms with Crippen LogP contribution >= 0.6 is 24.8 Å². The van der Waals surface area contributed by atoms with Crippen LogP contribution in [0.5, 0.6) is 0 Å². The Labute approximate surface area is 134 Å². The van der Waals surface area contributed by atoms with Crippen molar-refractivity contribution >= 4 is 34.7 Å².